The third-order valence-corrected chi connectivity index (χ3v) is 1.91. The molecule has 0 aliphatic carbocycles. The van der Waals surface area contributed by atoms with Gasteiger partial charge in [-0.1, -0.05) is 23.2 Å². The highest BCUT2D eigenvalue weighted by molar-refractivity contribution is 6.33. The van der Waals surface area contributed by atoms with Crippen molar-refractivity contribution in [3.05, 3.63) is 16.4 Å². The minimum absolute atomic E-state index is 0.0227. The Kier molecular flexibility index (Phi) is 2.53. The van der Waals surface area contributed by atoms with E-state index in [0.29, 0.717) is 13.2 Å². The van der Waals surface area contributed by atoms with Gasteiger partial charge in [-0.2, -0.15) is 9.97 Å². The van der Waals surface area contributed by atoms with E-state index in [4.69, 9.17) is 32.7 Å². The number of aromatic nitrogens is 2. The van der Waals surface area contributed by atoms with Crippen LogP contribution < -0.4 is 4.74 Å². The molecule has 2 heterocycles. The van der Waals surface area contributed by atoms with Gasteiger partial charge in [0.05, 0.1) is 13.2 Å². The lowest BCUT2D eigenvalue weighted by molar-refractivity contribution is -0.0831. The van der Waals surface area contributed by atoms with E-state index in [2.05, 4.69) is 9.97 Å². The Morgan fingerprint density at radius 2 is 1.92 bits per heavy atom. The van der Waals surface area contributed by atoms with Crippen molar-refractivity contribution < 1.29 is 9.47 Å². The second-order valence-electron chi connectivity index (χ2n) is 2.57. The molecule has 1 aromatic rings. The van der Waals surface area contributed by atoms with Crippen molar-refractivity contribution in [3.63, 3.8) is 0 Å². The van der Waals surface area contributed by atoms with Gasteiger partial charge >= 0.3 is 6.01 Å². The second kappa shape index (κ2) is 3.65. The Morgan fingerprint density at radius 1 is 1.31 bits per heavy atom. The van der Waals surface area contributed by atoms with Crippen molar-refractivity contribution >= 4 is 23.2 Å². The summed E-state index contributed by atoms with van der Waals surface area (Å²) in [5, 5.41) is 0.547. The van der Waals surface area contributed by atoms with Gasteiger partial charge in [0.15, 0.2) is 0 Å². The molecule has 1 aliphatic heterocycles. The standard InChI is InChI=1S/C7H6Cl2N2O2/c8-5-1-6(9)11-7(10-5)13-4-2-12-3-4/h1,4H,2-3H2. The maximum Gasteiger partial charge on any atom is 0.319 e. The predicted molar refractivity (Wildman–Crippen MR) is 47.3 cm³/mol. The molecule has 0 atom stereocenters. The Hall–Kier alpha value is -0.580. The molecular weight excluding hydrogens is 215 g/mol. The first-order valence-corrected chi connectivity index (χ1v) is 4.44. The smallest absolute Gasteiger partial charge is 0.319 e. The summed E-state index contributed by atoms with van der Waals surface area (Å²) in [5.41, 5.74) is 0. The molecule has 0 radical (unpaired) electrons. The molecule has 2 rings (SSSR count). The molecule has 0 unspecified atom stereocenters. The van der Waals surface area contributed by atoms with Crippen molar-refractivity contribution in [1.82, 2.24) is 9.97 Å². The van der Waals surface area contributed by atoms with Gasteiger partial charge in [-0.3, -0.25) is 0 Å². The molecule has 1 saturated heterocycles. The molecule has 6 heteroatoms. The van der Waals surface area contributed by atoms with Crippen LogP contribution in [0.25, 0.3) is 0 Å². The zero-order chi connectivity index (χ0) is 9.26. The van der Waals surface area contributed by atoms with Gasteiger partial charge in [0.2, 0.25) is 0 Å². The maximum absolute atomic E-state index is 5.65. The molecule has 0 bridgehead atoms. The van der Waals surface area contributed by atoms with Crippen molar-refractivity contribution in [2.75, 3.05) is 13.2 Å². The van der Waals surface area contributed by atoms with Crippen molar-refractivity contribution in [2.45, 2.75) is 6.10 Å². The molecule has 0 amide bonds. The normalized spacial score (nSPS) is 16.8. The molecule has 0 saturated carbocycles. The molecule has 0 spiro atoms. The van der Waals surface area contributed by atoms with E-state index in [-0.39, 0.29) is 22.4 Å². The fraction of sp³-hybridized carbons (Fsp3) is 0.429. The summed E-state index contributed by atoms with van der Waals surface area (Å²) in [7, 11) is 0. The molecule has 1 aromatic heterocycles. The number of nitrogens with zero attached hydrogens (tertiary/aromatic N) is 2. The third kappa shape index (κ3) is 2.21. The molecule has 0 N–H and O–H groups in total. The highest BCUT2D eigenvalue weighted by atomic mass is 35.5. The Morgan fingerprint density at radius 3 is 2.38 bits per heavy atom. The van der Waals surface area contributed by atoms with Crippen LogP contribution in [0, 0.1) is 0 Å². The topological polar surface area (TPSA) is 44.2 Å². The third-order valence-electron chi connectivity index (χ3n) is 1.52. The predicted octanol–water partition coefficient (Wildman–Crippen LogP) is 1.56. The Labute approximate surface area is 84.8 Å². The van der Waals surface area contributed by atoms with Gasteiger partial charge < -0.3 is 9.47 Å². The van der Waals surface area contributed by atoms with E-state index in [1.165, 1.54) is 6.07 Å². The van der Waals surface area contributed by atoms with Crippen LogP contribution in [0.1, 0.15) is 0 Å². The summed E-state index contributed by atoms with van der Waals surface area (Å²) < 4.78 is 10.2. The molecule has 1 fully saturated rings. The molecule has 1 aliphatic rings. The van der Waals surface area contributed by atoms with Crippen LogP contribution in [0.4, 0.5) is 0 Å². The fourth-order valence-electron chi connectivity index (χ4n) is 0.854. The zero-order valence-corrected chi connectivity index (χ0v) is 8.05. The average Bonchev–Trinajstić information content (AvgIpc) is 1.95. The summed E-state index contributed by atoms with van der Waals surface area (Å²) in [6, 6.07) is 1.65. The first-order chi connectivity index (χ1) is 6.24. The van der Waals surface area contributed by atoms with Gasteiger partial charge in [-0.05, 0) is 0 Å². The van der Waals surface area contributed by atoms with Gasteiger partial charge in [0, 0.05) is 6.07 Å². The first kappa shape index (κ1) is 8.99. The van der Waals surface area contributed by atoms with Crippen LogP contribution in [0.5, 0.6) is 6.01 Å². The first-order valence-electron chi connectivity index (χ1n) is 3.68. The number of hydrogen-bond acceptors (Lipinski definition) is 4. The molecular formula is C7H6Cl2N2O2. The van der Waals surface area contributed by atoms with Crippen LogP contribution in [0.3, 0.4) is 0 Å². The summed E-state index contributed by atoms with van der Waals surface area (Å²) in [4.78, 5) is 7.70. The van der Waals surface area contributed by atoms with Gasteiger partial charge in [-0.25, -0.2) is 0 Å². The Bertz CT molecular complexity index is 297. The second-order valence-corrected chi connectivity index (χ2v) is 3.35. The van der Waals surface area contributed by atoms with Crippen LogP contribution in [-0.2, 0) is 4.74 Å². The van der Waals surface area contributed by atoms with Crippen molar-refractivity contribution in [3.8, 4) is 6.01 Å². The van der Waals surface area contributed by atoms with Gasteiger partial charge in [0.25, 0.3) is 0 Å². The number of hydrogen-bond donors (Lipinski definition) is 0. The molecule has 0 aromatic carbocycles. The SMILES string of the molecule is Clc1cc(Cl)nc(OC2COC2)n1. The summed E-state index contributed by atoms with van der Waals surface area (Å²) in [6.45, 7) is 1.13. The number of rotatable bonds is 2. The van der Waals surface area contributed by atoms with Crippen molar-refractivity contribution in [2.24, 2.45) is 0 Å². The number of ether oxygens (including phenoxy) is 2. The Balaban J connectivity index is 2.10. The van der Waals surface area contributed by atoms with E-state index < -0.39 is 0 Å². The van der Waals surface area contributed by atoms with E-state index in [9.17, 15) is 0 Å². The van der Waals surface area contributed by atoms with E-state index in [1.54, 1.807) is 0 Å². The van der Waals surface area contributed by atoms with E-state index in [0.717, 1.165) is 0 Å². The summed E-state index contributed by atoms with van der Waals surface area (Å²) in [6.07, 6.45) is 0.0227. The highest BCUT2D eigenvalue weighted by Crippen LogP contribution is 2.17. The molecule has 70 valence electrons. The summed E-state index contributed by atoms with van der Waals surface area (Å²) >= 11 is 11.3. The fourth-order valence-corrected chi connectivity index (χ4v) is 1.26. The van der Waals surface area contributed by atoms with Gasteiger partial charge in [0.1, 0.15) is 16.4 Å². The molecule has 4 nitrogen and oxygen atoms in total. The van der Waals surface area contributed by atoms with E-state index in [1.807, 2.05) is 0 Å². The zero-order valence-electron chi connectivity index (χ0n) is 6.54. The lowest BCUT2D eigenvalue weighted by atomic mass is 10.3. The minimum atomic E-state index is 0.0227. The van der Waals surface area contributed by atoms with Crippen LogP contribution >= 0.6 is 23.2 Å². The average molecular weight is 221 g/mol. The molecule has 13 heavy (non-hydrogen) atoms. The van der Waals surface area contributed by atoms with Crippen LogP contribution in [0.15, 0.2) is 6.07 Å². The number of halogens is 2. The minimum Gasteiger partial charge on any atom is -0.455 e. The highest BCUT2D eigenvalue weighted by Gasteiger charge is 2.21. The largest absolute Gasteiger partial charge is 0.455 e. The monoisotopic (exact) mass is 220 g/mol. The lowest BCUT2D eigenvalue weighted by Gasteiger charge is -2.25. The lowest BCUT2D eigenvalue weighted by Crippen LogP contribution is -2.39. The summed E-state index contributed by atoms with van der Waals surface area (Å²) in [5.74, 6) is 0. The van der Waals surface area contributed by atoms with E-state index >= 15 is 0 Å². The quantitative estimate of drug-likeness (QED) is 0.711. The van der Waals surface area contributed by atoms with Gasteiger partial charge in [-0.15, -0.1) is 0 Å². The van der Waals surface area contributed by atoms with Crippen LogP contribution in [0.2, 0.25) is 10.3 Å². The van der Waals surface area contributed by atoms with Crippen molar-refractivity contribution in [1.29, 1.82) is 0 Å². The van der Waals surface area contributed by atoms with Crippen LogP contribution in [-0.4, -0.2) is 29.3 Å². The maximum atomic E-state index is 5.65.